The zero-order valence-electron chi connectivity index (χ0n) is 22.8. The zero-order chi connectivity index (χ0) is 28.6. The van der Waals surface area contributed by atoms with Crippen LogP contribution in [0, 0.1) is 6.92 Å². The third kappa shape index (κ3) is 8.16. The van der Waals surface area contributed by atoms with Gasteiger partial charge in [-0.05, 0) is 75.6 Å². The summed E-state index contributed by atoms with van der Waals surface area (Å²) in [7, 11) is -4.08. The zero-order valence-corrected chi connectivity index (χ0v) is 25.2. The third-order valence-electron chi connectivity index (χ3n) is 6.65. The third-order valence-corrected chi connectivity index (χ3v) is 8.97. The van der Waals surface area contributed by atoms with E-state index in [2.05, 4.69) is 21.2 Å². The van der Waals surface area contributed by atoms with Gasteiger partial charge in [-0.15, -0.1) is 0 Å². The van der Waals surface area contributed by atoms with Crippen LogP contribution in [0.2, 0.25) is 0 Å². The van der Waals surface area contributed by atoms with Gasteiger partial charge in [0, 0.05) is 17.1 Å². The summed E-state index contributed by atoms with van der Waals surface area (Å²) in [4.78, 5) is 28.5. The van der Waals surface area contributed by atoms with Gasteiger partial charge in [-0.2, -0.15) is 0 Å². The van der Waals surface area contributed by atoms with Gasteiger partial charge >= 0.3 is 0 Å². The molecule has 2 amide bonds. The predicted molar refractivity (Wildman–Crippen MR) is 159 cm³/mol. The summed E-state index contributed by atoms with van der Waals surface area (Å²) in [5.41, 5.74) is 2.29. The Labute approximate surface area is 240 Å². The molecule has 0 heterocycles. The van der Waals surface area contributed by atoms with Gasteiger partial charge in [-0.1, -0.05) is 70.9 Å². The fourth-order valence-corrected chi connectivity index (χ4v) is 5.69. The topological polar surface area (TPSA) is 86.8 Å². The van der Waals surface area contributed by atoms with Gasteiger partial charge in [0.2, 0.25) is 11.8 Å². The molecular formula is C30H36BrN3O4S. The van der Waals surface area contributed by atoms with Crippen LogP contribution < -0.4 is 9.62 Å². The van der Waals surface area contributed by atoms with Gasteiger partial charge in [0.25, 0.3) is 10.0 Å². The first-order valence-corrected chi connectivity index (χ1v) is 15.2. The first-order valence-electron chi connectivity index (χ1n) is 13.0. The highest BCUT2D eigenvalue weighted by atomic mass is 79.9. The minimum Gasteiger partial charge on any atom is -0.352 e. The van der Waals surface area contributed by atoms with Gasteiger partial charge in [-0.3, -0.25) is 13.9 Å². The van der Waals surface area contributed by atoms with Crippen molar-refractivity contribution in [3.8, 4) is 0 Å². The molecule has 39 heavy (non-hydrogen) atoms. The number of carbonyl (C=O) groups excluding carboxylic acids is 2. The average molecular weight is 615 g/mol. The molecule has 0 unspecified atom stereocenters. The highest BCUT2D eigenvalue weighted by Gasteiger charge is 2.32. The smallest absolute Gasteiger partial charge is 0.264 e. The van der Waals surface area contributed by atoms with Crippen LogP contribution in [-0.2, 0) is 26.0 Å². The molecule has 0 saturated heterocycles. The average Bonchev–Trinajstić information content (AvgIpc) is 2.93. The molecule has 2 atom stereocenters. The number of aryl methyl sites for hydroxylation is 1. The summed E-state index contributed by atoms with van der Waals surface area (Å²) in [5.74, 6) is -0.737. The highest BCUT2D eigenvalue weighted by molar-refractivity contribution is 9.10. The number of hydrogen-bond acceptors (Lipinski definition) is 4. The van der Waals surface area contributed by atoms with E-state index in [1.807, 2.05) is 51.1 Å². The lowest BCUT2D eigenvalue weighted by Crippen LogP contribution is -2.53. The molecule has 0 saturated carbocycles. The summed E-state index contributed by atoms with van der Waals surface area (Å²) >= 11 is 3.39. The summed E-state index contributed by atoms with van der Waals surface area (Å²) in [6.45, 7) is 7.25. The van der Waals surface area contributed by atoms with E-state index in [0.29, 0.717) is 12.1 Å². The molecule has 0 aliphatic rings. The van der Waals surface area contributed by atoms with Crippen molar-refractivity contribution in [3.05, 3.63) is 94.5 Å². The van der Waals surface area contributed by atoms with Crippen molar-refractivity contribution in [2.75, 3.05) is 17.4 Å². The predicted octanol–water partition coefficient (Wildman–Crippen LogP) is 5.33. The first-order chi connectivity index (χ1) is 18.5. The fourth-order valence-electron chi connectivity index (χ4n) is 4.01. The Morgan fingerprint density at radius 2 is 1.54 bits per heavy atom. The molecule has 9 heteroatoms. The van der Waals surface area contributed by atoms with E-state index < -0.39 is 28.5 Å². The van der Waals surface area contributed by atoms with Crippen molar-refractivity contribution in [1.29, 1.82) is 0 Å². The molecule has 7 nitrogen and oxygen atoms in total. The largest absolute Gasteiger partial charge is 0.352 e. The number of sulfonamides is 1. The quantitative estimate of drug-likeness (QED) is 0.299. The van der Waals surface area contributed by atoms with Crippen LogP contribution >= 0.6 is 15.9 Å². The lowest BCUT2D eigenvalue weighted by Gasteiger charge is -2.32. The molecule has 0 bridgehead atoms. The number of anilines is 1. The van der Waals surface area contributed by atoms with E-state index in [0.717, 1.165) is 26.3 Å². The molecule has 3 aromatic rings. The molecule has 0 aromatic heterocycles. The second-order valence-corrected chi connectivity index (χ2v) is 12.4. The molecule has 0 fully saturated rings. The summed E-state index contributed by atoms with van der Waals surface area (Å²) in [6, 6.07) is 22.1. The summed E-state index contributed by atoms with van der Waals surface area (Å²) < 4.78 is 29.5. The Morgan fingerprint density at radius 3 is 2.13 bits per heavy atom. The van der Waals surface area contributed by atoms with E-state index in [1.165, 1.54) is 17.0 Å². The van der Waals surface area contributed by atoms with Crippen molar-refractivity contribution in [1.82, 2.24) is 10.2 Å². The number of benzene rings is 3. The fraction of sp³-hybridized carbons (Fsp3) is 0.333. The van der Waals surface area contributed by atoms with Gasteiger partial charge in [-0.25, -0.2) is 8.42 Å². The molecule has 3 aromatic carbocycles. The lowest BCUT2D eigenvalue weighted by molar-refractivity contribution is -0.139. The maximum Gasteiger partial charge on any atom is 0.264 e. The standard InChI is InChI=1S/C30H36BrN3O4S/c1-5-23(3)32-30(36)24(4)33(20-19-25-9-7-6-8-10-25)29(35)21-34(27-15-13-26(31)14-16-27)39(37,38)28-17-11-22(2)12-18-28/h6-18,23-24H,5,19-21H2,1-4H3,(H,32,36)/t23-,24-/m1/s1. The van der Waals surface area contributed by atoms with Gasteiger partial charge in [0.15, 0.2) is 0 Å². The minimum atomic E-state index is -4.08. The second kappa shape index (κ2) is 13.8. The van der Waals surface area contributed by atoms with E-state index >= 15 is 0 Å². The molecule has 1 N–H and O–H groups in total. The molecule has 0 spiro atoms. The normalized spacial score (nSPS) is 12.8. The van der Waals surface area contributed by atoms with Gasteiger partial charge in [0.05, 0.1) is 10.6 Å². The lowest BCUT2D eigenvalue weighted by atomic mass is 10.1. The van der Waals surface area contributed by atoms with Crippen molar-refractivity contribution in [3.63, 3.8) is 0 Å². The van der Waals surface area contributed by atoms with E-state index in [1.54, 1.807) is 43.3 Å². The van der Waals surface area contributed by atoms with Crippen LogP contribution in [0.1, 0.15) is 38.3 Å². The number of nitrogens with one attached hydrogen (secondary N) is 1. The molecular weight excluding hydrogens is 578 g/mol. The van der Waals surface area contributed by atoms with Crippen LogP contribution in [0.5, 0.6) is 0 Å². The number of rotatable bonds is 12. The maximum absolute atomic E-state index is 13.9. The number of nitrogens with zero attached hydrogens (tertiary/aromatic N) is 2. The Kier molecular flexibility index (Phi) is 10.7. The van der Waals surface area contributed by atoms with Crippen LogP contribution in [-0.4, -0.2) is 50.3 Å². The van der Waals surface area contributed by atoms with E-state index in [4.69, 9.17) is 0 Å². The van der Waals surface area contributed by atoms with Crippen LogP contribution in [0.25, 0.3) is 0 Å². The van der Waals surface area contributed by atoms with Gasteiger partial charge < -0.3 is 10.2 Å². The molecule has 208 valence electrons. The molecule has 3 rings (SSSR count). The Hall–Kier alpha value is -3.17. The molecule has 0 aliphatic carbocycles. The highest BCUT2D eigenvalue weighted by Crippen LogP contribution is 2.26. The Bertz CT molecular complexity index is 1350. The van der Waals surface area contributed by atoms with Crippen LogP contribution in [0.4, 0.5) is 5.69 Å². The minimum absolute atomic E-state index is 0.0489. The van der Waals surface area contributed by atoms with E-state index in [-0.39, 0.29) is 23.4 Å². The number of amides is 2. The maximum atomic E-state index is 13.9. The van der Waals surface area contributed by atoms with Crippen molar-refractivity contribution < 1.29 is 18.0 Å². The van der Waals surface area contributed by atoms with Crippen molar-refractivity contribution >= 4 is 43.5 Å². The summed E-state index contributed by atoms with van der Waals surface area (Å²) in [5, 5.41) is 2.95. The summed E-state index contributed by atoms with van der Waals surface area (Å²) in [6.07, 6.45) is 1.28. The van der Waals surface area contributed by atoms with E-state index in [9.17, 15) is 18.0 Å². The van der Waals surface area contributed by atoms with Gasteiger partial charge in [0.1, 0.15) is 12.6 Å². The number of hydrogen-bond donors (Lipinski definition) is 1. The Morgan fingerprint density at radius 1 is 0.923 bits per heavy atom. The second-order valence-electron chi connectivity index (χ2n) is 9.62. The van der Waals surface area contributed by atoms with Crippen LogP contribution in [0.3, 0.4) is 0 Å². The van der Waals surface area contributed by atoms with Crippen molar-refractivity contribution in [2.45, 2.75) is 57.5 Å². The first kappa shape index (κ1) is 30.4. The number of carbonyl (C=O) groups is 2. The molecule has 0 radical (unpaired) electrons. The Balaban J connectivity index is 1.96. The molecule has 0 aliphatic heterocycles. The van der Waals surface area contributed by atoms with Crippen LogP contribution in [0.15, 0.2) is 88.2 Å². The van der Waals surface area contributed by atoms with Crippen molar-refractivity contribution in [2.24, 2.45) is 0 Å². The SMILES string of the molecule is CC[C@@H](C)NC(=O)[C@@H](C)N(CCc1ccccc1)C(=O)CN(c1ccc(Br)cc1)S(=O)(=O)c1ccc(C)cc1. The monoisotopic (exact) mass is 613 g/mol. The number of halogens is 1.